The van der Waals surface area contributed by atoms with Crippen LogP contribution in [0.15, 0.2) is 0 Å². The van der Waals surface area contributed by atoms with Gasteiger partial charge in [-0.3, -0.25) is 0 Å². The van der Waals surface area contributed by atoms with Gasteiger partial charge < -0.3 is 10.2 Å². The summed E-state index contributed by atoms with van der Waals surface area (Å²) >= 11 is 0. The molecule has 0 bridgehead atoms. The van der Waals surface area contributed by atoms with Crippen molar-refractivity contribution in [2.45, 2.75) is 78.7 Å². The van der Waals surface area contributed by atoms with Crippen molar-refractivity contribution in [2.75, 3.05) is 26.2 Å². The summed E-state index contributed by atoms with van der Waals surface area (Å²) in [6.45, 7) is 16.9. The zero-order valence-corrected chi connectivity index (χ0v) is 15.2. The van der Waals surface area contributed by atoms with Crippen LogP contribution in [0.5, 0.6) is 0 Å². The van der Waals surface area contributed by atoms with Gasteiger partial charge in [0.1, 0.15) is 0 Å². The molecular weight excluding hydrogens is 256 g/mol. The molecule has 0 spiro atoms. The SMILES string of the molecule is CC1CN(CC2(CNC(C)(C)C)CCCCCC2)CC1C. The van der Waals surface area contributed by atoms with Crippen molar-refractivity contribution in [3.05, 3.63) is 0 Å². The zero-order valence-electron chi connectivity index (χ0n) is 15.2. The fourth-order valence-electron chi connectivity index (χ4n) is 4.17. The van der Waals surface area contributed by atoms with Crippen molar-refractivity contribution in [3.63, 3.8) is 0 Å². The minimum Gasteiger partial charge on any atom is -0.311 e. The Bertz CT molecular complexity index is 300. The van der Waals surface area contributed by atoms with E-state index in [1.807, 2.05) is 0 Å². The zero-order chi connectivity index (χ0) is 15.5. The van der Waals surface area contributed by atoms with Crippen LogP contribution in [0.25, 0.3) is 0 Å². The molecule has 2 atom stereocenters. The highest BCUT2D eigenvalue weighted by atomic mass is 15.2. The molecule has 1 aliphatic carbocycles. The maximum atomic E-state index is 3.83. The fourth-order valence-corrected chi connectivity index (χ4v) is 4.17. The lowest BCUT2D eigenvalue weighted by atomic mass is 9.79. The maximum absolute atomic E-state index is 3.83. The van der Waals surface area contributed by atoms with E-state index in [0.29, 0.717) is 5.41 Å². The minimum absolute atomic E-state index is 0.241. The normalized spacial score (nSPS) is 31.3. The van der Waals surface area contributed by atoms with Gasteiger partial charge in [-0.1, -0.05) is 39.5 Å². The molecule has 1 N–H and O–H groups in total. The maximum Gasteiger partial charge on any atom is 0.00967 e. The Kier molecular flexibility index (Phi) is 5.76. The summed E-state index contributed by atoms with van der Waals surface area (Å²) in [5.74, 6) is 1.76. The lowest BCUT2D eigenvalue weighted by molar-refractivity contribution is 0.131. The first-order valence-electron chi connectivity index (χ1n) is 9.27. The van der Waals surface area contributed by atoms with Crippen LogP contribution in [0.4, 0.5) is 0 Å². The first kappa shape index (κ1) is 17.3. The average molecular weight is 295 g/mol. The molecule has 2 nitrogen and oxygen atoms in total. The summed E-state index contributed by atoms with van der Waals surface area (Å²) in [5.41, 5.74) is 0.762. The van der Waals surface area contributed by atoms with Gasteiger partial charge in [0.2, 0.25) is 0 Å². The molecule has 2 heteroatoms. The molecule has 2 aliphatic rings. The Labute approximate surface area is 133 Å². The number of rotatable bonds is 4. The van der Waals surface area contributed by atoms with E-state index in [1.54, 1.807) is 0 Å². The Morgan fingerprint density at radius 1 is 0.952 bits per heavy atom. The Balaban J connectivity index is 2.00. The molecule has 21 heavy (non-hydrogen) atoms. The second-order valence-corrected chi connectivity index (χ2v) is 9.17. The van der Waals surface area contributed by atoms with Crippen molar-refractivity contribution in [1.82, 2.24) is 10.2 Å². The lowest BCUT2D eigenvalue weighted by Gasteiger charge is -2.39. The van der Waals surface area contributed by atoms with Crippen LogP contribution in [0.1, 0.15) is 73.1 Å². The molecular formula is C19H38N2. The fraction of sp³-hybridized carbons (Fsp3) is 1.00. The van der Waals surface area contributed by atoms with E-state index in [0.717, 1.165) is 11.8 Å². The highest BCUT2D eigenvalue weighted by Gasteiger charge is 2.36. The van der Waals surface area contributed by atoms with Gasteiger partial charge in [0.05, 0.1) is 0 Å². The molecule has 0 aromatic carbocycles. The Morgan fingerprint density at radius 3 is 1.95 bits per heavy atom. The molecule has 2 fully saturated rings. The van der Waals surface area contributed by atoms with Gasteiger partial charge in [-0.05, 0) is 50.9 Å². The summed E-state index contributed by atoms with van der Waals surface area (Å²) < 4.78 is 0. The standard InChI is InChI=1S/C19H38N2/c1-16-12-21(13-17(16)2)15-19(14-20-18(3,4)5)10-8-6-7-9-11-19/h16-17,20H,6-15H2,1-5H3. The van der Waals surface area contributed by atoms with Crippen LogP contribution in [-0.2, 0) is 0 Å². The Morgan fingerprint density at radius 2 is 1.48 bits per heavy atom. The second-order valence-electron chi connectivity index (χ2n) is 9.17. The van der Waals surface area contributed by atoms with Crippen LogP contribution in [0.3, 0.4) is 0 Å². The smallest absolute Gasteiger partial charge is 0.00967 e. The van der Waals surface area contributed by atoms with Crippen molar-refractivity contribution in [3.8, 4) is 0 Å². The van der Waals surface area contributed by atoms with Crippen molar-refractivity contribution >= 4 is 0 Å². The van der Waals surface area contributed by atoms with E-state index in [-0.39, 0.29) is 5.54 Å². The molecule has 1 saturated heterocycles. The monoisotopic (exact) mass is 294 g/mol. The van der Waals surface area contributed by atoms with Gasteiger partial charge in [0.25, 0.3) is 0 Å². The van der Waals surface area contributed by atoms with E-state index in [4.69, 9.17) is 0 Å². The van der Waals surface area contributed by atoms with Crippen LogP contribution >= 0.6 is 0 Å². The van der Waals surface area contributed by atoms with Crippen molar-refractivity contribution in [2.24, 2.45) is 17.3 Å². The predicted octanol–water partition coefficient (Wildman–Crippen LogP) is 4.30. The molecule has 2 rings (SSSR count). The third kappa shape index (κ3) is 5.25. The molecule has 1 saturated carbocycles. The first-order chi connectivity index (χ1) is 9.80. The minimum atomic E-state index is 0.241. The quantitative estimate of drug-likeness (QED) is 0.778. The van der Waals surface area contributed by atoms with Gasteiger partial charge in [-0.15, -0.1) is 0 Å². The van der Waals surface area contributed by atoms with Crippen LogP contribution < -0.4 is 5.32 Å². The van der Waals surface area contributed by atoms with Gasteiger partial charge in [-0.2, -0.15) is 0 Å². The summed E-state index contributed by atoms with van der Waals surface area (Å²) in [6.07, 6.45) is 8.62. The highest BCUT2D eigenvalue weighted by Crippen LogP contribution is 2.37. The molecule has 124 valence electrons. The summed E-state index contributed by atoms with van der Waals surface area (Å²) in [4.78, 5) is 2.77. The topological polar surface area (TPSA) is 15.3 Å². The van der Waals surface area contributed by atoms with Crippen molar-refractivity contribution in [1.29, 1.82) is 0 Å². The number of likely N-dealkylation sites (tertiary alicyclic amines) is 1. The van der Waals surface area contributed by atoms with Gasteiger partial charge >= 0.3 is 0 Å². The summed E-state index contributed by atoms with van der Waals surface area (Å²) in [6, 6.07) is 0. The lowest BCUT2D eigenvalue weighted by Crippen LogP contribution is -2.48. The predicted molar refractivity (Wildman–Crippen MR) is 92.7 cm³/mol. The van der Waals surface area contributed by atoms with E-state index in [9.17, 15) is 0 Å². The van der Waals surface area contributed by atoms with Gasteiger partial charge in [0, 0.05) is 31.7 Å². The summed E-state index contributed by atoms with van der Waals surface area (Å²) in [5, 5.41) is 3.83. The number of hydrogen-bond donors (Lipinski definition) is 1. The number of hydrogen-bond acceptors (Lipinski definition) is 2. The van der Waals surface area contributed by atoms with E-state index in [1.165, 1.54) is 64.7 Å². The number of nitrogens with zero attached hydrogens (tertiary/aromatic N) is 1. The molecule has 2 unspecified atom stereocenters. The molecule has 1 aliphatic heterocycles. The molecule has 0 amide bonds. The molecule has 0 aromatic rings. The second kappa shape index (κ2) is 7.00. The largest absolute Gasteiger partial charge is 0.311 e. The third-order valence-electron chi connectivity index (χ3n) is 5.78. The summed E-state index contributed by atoms with van der Waals surface area (Å²) in [7, 11) is 0. The molecule has 1 heterocycles. The molecule has 0 aromatic heterocycles. The van der Waals surface area contributed by atoms with E-state index in [2.05, 4.69) is 44.8 Å². The van der Waals surface area contributed by atoms with E-state index >= 15 is 0 Å². The third-order valence-corrected chi connectivity index (χ3v) is 5.78. The first-order valence-corrected chi connectivity index (χ1v) is 9.27. The van der Waals surface area contributed by atoms with Gasteiger partial charge in [0.15, 0.2) is 0 Å². The van der Waals surface area contributed by atoms with Crippen LogP contribution in [0, 0.1) is 17.3 Å². The van der Waals surface area contributed by atoms with Crippen molar-refractivity contribution < 1.29 is 0 Å². The van der Waals surface area contributed by atoms with Crippen LogP contribution in [0.2, 0.25) is 0 Å². The van der Waals surface area contributed by atoms with Gasteiger partial charge in [-0.25, -0.2) is 0 Å². The highest BCUT2D eigenvalue weighted by molar-refractivity contribution is 4.91. The number of nitrogens with one attached hydrogen (secondary N) is 1. The average Bonchev–Trinajstić information content (AvgIpc) is 2.60. The Hall–Kier alpha value is -0.0800. The van der Waals surface area contributed by atoms with E-state index < -0.39 is 0 Å². The van der Waals surface area contributed by atoms with Crippen LogP contribution in [-0.4, -0.2) is 36.6 Å². The molecule has 0 radical (unpaired) electrons.